The molecule has 9 nitrogen and oxygen atoms in total. The highest BCUT2D eigenvalue weighted by molar-refractivity contribution is 5.46. The molecular weight excluding hydrogens is 284 g/mol. The second-order valence-corrected chi connectivity index (χ2v) is 5.69. The topological polar surface area (TPSA) is 97.3 Å². The first kappa shape index (κ1) is 13.1. The molecule has 1 atom stereocenters. The highest BCUT2D eigenvalue weighted by Crippen LogP contribution is 2.26. The molecule has 4 heterocycles. The molecule has 0 bridgehead atoms. The van der Waals surface area contributed by atoms with E-state index in [9.17, 15) is 5.11 Å². The Morgan fingerprint density at radius 2 is 2.23 bits per heavy atom. The van der Waals surface area contributed by atoms with Crippen LogP contribution in [0.15, 0.2) is 24.5 Å². The van der Waals surface area contributed by atoms with Crippen LogP contribution in [0.5, 0.6) is 0 Å². The van der Waals surface area contributed by atoms with Crippen molar-refractivity contribution in [1.82, 2.24) is 34.8 Å². The van der Waals surface area contributed by atoms with Gasteiger partial charge in [0.2, 0.25) is 0 Å². The average Bonchev–Trinajstić information content (AvgIpc) is 3.18. The van der Waals surface area contributed by atoms with Crippen molar-refractivity contribution in [1.29, 1.82) is 0 Å². The normalized spacial score (nSPS) is 21.8. The van der Waals surface area contributed by atoms with E-state index in [1.165, 1.54) is 4.63 Å². The van der Waals surface area contributed by atoms with Gasteiger partial charge in [-0.25, -0.2) is 9.67 Å². The summed E-state index contributed by atoms with van der Waals surface area (Å²) in [4.78, 5) is 6.31. The molecule has 22 heavy (non-hydrogen) atoms. The van der Waals surface area contributed by atoms with Crippen LogP contribution in [-0.2, 0) is 6.54 Å². The maximum absolute atomic E-state index is 10.7. The number of aryl methyl sites for hydroxylation is 1. The van der Waals surface area contributed by atoms with Gasteiger partial charge in [0.05, 0.1) is 19.3 Å². The van der Waals surface area contributed by atoms with E-state index in [2.05, 4.69) is 25.5 Å². The van der Waals surface area contributed by atoms with Crippen LogP contribution in [0.25, 0.3) is 5.65 Å². The fourth-order valence-corrected chi connectivity index (χ4v) is 2.85. The number of aliphatic hydroxyl groups is 1. The lowest BCUT2D eigenvalue weighted by atomic mass is 10.0. The first-order chi connectivity index (χ1) is 10.6. The number of hydrogen-bond donors (Lipinski definition) is 1. The molecule has 1 saturated heterocycles. The summed E-state index contributed by atoms with van der Waals surface area (Å²) in [6.07, 6.45) is 4.02. The molecule has 0 amide bonds. The van der Waals surface area contributed by atoms with E-state index in [0.29, 0.717) is 25.3 Å². The highest BCUT2D eigenvalue weighted by Gasteiger charge is 2.37. The number of nitrogens with zero attached hydrogens (tertiary/aromatic N) is 8. The van der Waals surface area contributed by atoms with Gasteiger partial charge in [-0.3, -0.25) is 0 Å². The van der Waals surface area contributed by atoms with Gasteiger partial charge in [-0.05, 0) is 25.5 Å². The van der Waals surface area contributed by atoms with Gasteiger partial charge in [-0.2, -0.15) is 0 Å². The quantitative estimate of drug-likeness (QED) is 0.707. The Labute approximate surface area is 126 Å². The largest absolute Gasteiger partial charge is 0.386 e. The zero-order chi connectivity index (χ0) is 15.2. The molecule has 4 rings (SSSR count). The van der Waals surface area contributed by atoms with Gasteiger partial charge in [0.15, 0.2) is 11.5 Å². The Balaban J connectivity index is 1.55. The lowest BCUT2D eigenvalue weighted by molar-refractivity contribution is 0.0408. The van der Waals surface area contributed by atoms with Crippen LogP contribution >= 0.6 is 0 Å². The first-order valence-electron chi connectivity index (χ1n) is 7.14. The van der Waals surface area contributed by atoms with Crippen LogP contribution in [0.4, 0.5) is 5.82 Å². The molecule has 0 saturated carbocycles. The van der Waals surface area contributed by atoms with Gasteiger partial charge in [0.1, 0.15) is 11.4 Å². The van der Waals surface area contributed by atoms with Gasteiger partial charge >= 0.3 is 0 Å². The Morgan fingerprint density at radius 3 is 3.05 bits per heavy atom. The summed E-state index contributed by atoms with van der Waals surface area (Å²) in [5.74, 6) is 1.47. The minimum absolute atomic E-state index is 0.425. The van der Waals surface area contributed by atoms with Crippen LogP contribution in [0.3, 0.4) is 0 Å². The van der Waals surface area contributed by atoms with Gasteiger partial charge in [-0.15, -0.1) is 19.9 Å². The van der Waals surface area contributed by atoms with E-state index in [1.54, 1.807) is 17.1 Å². The van der Waals surface area contributed by atoms with Gasteiger partial charge < -0.3 is 10.0 Å². The van der Waals surface area contributed by atoms with Crippen molar-refractivity contribution < 1.29 is 5.11 Å². The van der Waals surface area contributed by atoms with Gasteiger partial charge in [0, 0.05) is 12.7 Å². The lowest BCUT2D eigenvalue weighted by Gasteiger charge is -2.23. The third kappa shape index (κ3) is 2.29. The van der Waals surface area contributed by atoms with E-state index in [-0.39, 0.29) is 0 Å². The average molecular weight is 300 g/mol. The molecule has 114 valence electrons. The predicted molar refractivity (Wildman–Crippen MR) is 77.3 cm³/mol. The van der Waals surface area contributed by atoms with Gasteiger partial charge in [-0.1, -0.05) is 5.21 Å². The minimum atomic E-state index is -0.831. The van der Waals surface area contributed by atoms with Gasteiger partial charge in [0.25, 0.3) is 0 Å². The smallest absolute Gasteiger partial charge is 0.176 e. The fourth-order valence-electron chi connectivity index (χ4n) is 2.85. The summed E-state index contributed by atoms with van der Waals surface area (Å²) >= 11 is 0. The number of hydrogen-bond acceptors (Lipinski definition) is 7. The molecular formula is C13H16N8O. The van der Waals surface area contributed by atoms with Crippen molar-refractivity contribution in [2.45, 2.75) is 25.5 Å². The molecule has 3 aromatic heterocycles. The molecule has 0 spiro atoms. The summed E-state index contributed by atoms with van der Waals surface area (Å²) in [7, 11) is 0. The van der Waals surface area contributed by atoms with Crippen LogP contribution in [0.2, 0.25) is 0 Å². The minimum Gasteiger partial charge on any atom is -0.386 e. The van der Waals surface area contributed by atoms with Crippen LogP contribution in [0, 0.1) is 6.92 Å². The van der Waals surface area contributed by atoms with E-state index in [1.807, 2.05) is 24.0 Å². The number of aromatic nitrogens is 7. The first-order valence-corrected chi connectivity index (χ1v) is 7.14. The fraction of sp³-hybridized carbons (Fsp3) is 0.462. The van der Waals surface area contributed by atoms with Crippen molar-refractivity contribution in [3.05, 3.63) is 30.4 Å². The molecule has 1 aliphatic rings. The lowest BCUT2D eigenvalue weighted by Crippen LogP contribution is -2.38. The molecule has 0 aliphatic carbocycles. The summed E-state index contributed by atoms with van der Waals surface area (Å²) in [6.45, 7) is 3.49. The summed E-state index contributed by atoms with van der Waals surface area (Å²) < 4.78 is 3.18. The monoisotopic (exact) mass is 300 g/mol. The Kier molecular flexibility index (Phi) is 2.83. The molecule has 1 fully saturated rings. The third-order valence-corrected chi connectivity index (χ3v) is 3.88. The van der Waals surface area contributed by atoms with E-state index >= 15 is 0 Å². The number of fused-ring (bicyclic) bond motifs is 1. The molecule has 0 radical (unpaired) electrons. The third-order valence-electron chi connectivity index (χ3n) is 3.88. The molecule has 3 aromatic rings. The van der Waals surface area contributed by atoms with Crippen molar-refractivity contribution in [3.63, 3.8) is 0 Å². The second-order valence-electron chi connectivity index (χ2n) is 5.69. The van der Waals surface area contributed by atoms with E-state index in [0.717, 1.165) is 18.0 Å². The maximum atomic E-state index is 10.7. The van der Waals surface area contributed by atoms with E-state index < -0.39 is 5.60 Å². The van der Waals surface area contributed by atoms with E-state index in [4.69, 9.17) is 0 Å². The molecule has 0 aromatic carbocycles. The maximum Gasteiger partial charge on any atom is 0.176 e. The van der Waals surface area contributed by atoms with Crippen molar-refractivity contribution >= 4 is 11.5 Å². The number of rotatable bonds is 3. The van der Waals surface area contributed by atoms with Crippen molar-refractivity contribution in [2.75, 3.05) is 18.0 Å². The zero-order valence-electron chi connectivity index (χ0n) is 12.2. The zero-order valence-corrected chi connectivity index (χ0v) is 12.2. The Hall–Kier alpha value is -2.55. The SMILES string of the molecule is Cc1nc2ccc(N3CCC(O)(Cn4ccnn4)C3)nn2n1. The predicted octanol–water partition coefficient (Wildman–Crippen LogP) is -0.334. The molecule has 1 aliphatic heterocycles. The van der Waals surface area contributed by atoms with Crippen LogP contribution < -0.4 is 4.90 Å². The molecule has 1 unspecified atom stereocenters. The van der Waals surface area contributed by atoms with Crippen LogP contribution in [0.1, 0.15) is 12.2 Å². The number of β-amino-alcohol motifs (C(OH)–C–C–N with tert-alkyl or cyclic N) is 1. The van der Waals surface area contributed by atoms with Crippen molar-refractivity contribution in [2.24, 2.45) is 0 Å². The summed E-state index contributed by atoms with van der Waals surface area (Å²) in [5, 5.41) is 27.1. The Morgan fingerprint density at radius 1 is 1.32 bits per heavy atom. The van der Waals surface area contributed by atoms with Crippen LogP contribution in [-0.4, -0.2) is 58.6 Å². The molecule has 9 heteroatoms. The standard InChI is InChI=1S/C13H16N8O/c1-10-15-11-2-3-12(17-21(11)16-10)19-6-4-13(22,8-19)9-20-7-5-14-18-20/h2-3,5,7,22H,4,6,8-9H2,1H3. The molecule has 1 N–H and O–H groups in total. The van der Waals surface area contributed by atoms with Crippen molar-refractivity contribution in [3.8, 4) is 0 Å². The summed E-state index contributed by atoms with van der Waals surface area (Å²) in [6, 6.07) is 3.79. The highest BCUT2D eigenvalue weighted by atomic mass is 16.3. The number of anilines is 1. The summed E-state index contributed by atoms with van der Waals surface area (Å²) in [5.41, 5.74) is -0.110. The second kappa shape index (κ2) is 4.73. The Bertz CT molecular complexity index is 798.